The molecular weight excluding hydrogens is 346 g/mol. The number of nitrogens with zero attached hydrogens (tertiary/aromatic N) is 4. The SMILES string of the molecule is CCCCN(CC)c1nc(C)nc2c1C(C)C(N)N2c1c(C)cc(C)cc1C. The Hall–Kier alpha value is -2.14. The minimum absolute atomic E-state index is 0.144. The summed E-state index contributed by atoms with van der Waals surface area (Å²) in [6.45, 7) is 17.0. The van der Waals surface area contributed by atoms with Crippen LogP contribution in [0.1, 0.15) is 67.6 Å². The van der Waals surface area contributed by atoms with Crippen LogP contribution in [0.5, 0.6) is 0 Å². The molecule has 0 bridgehead atoms. The summed E-state index contributed by atoms with van der Waals surface area (Å²) in [5.41, 5.74) is 12.9. The lowest BCUT2D eigenvalue weighted by Gasteiger charge is -2.29. The Morgan fingerprint density at radius 2 is 1.71 bits per heavy atom. The van der Waals surface area contributed by atoms with Crippen molar-refractivity contribution in [1.82, 2.24) is 9.97 Å². The van der Waals surface area contributed by atoms with Crippen molar-refractivity contribution in [2.75, 3.05) is 22.9 Å². The molecule has 0 radical (unpaired) electrons. The number of benzene rings is 1. The maximum absolute atomic E-state index is 6.78. The van der Waals surface area contributed by atoms with E-state index in [0.29, 0.717) is 0 Å². The van der Waals surface area contributed by atoms with Gasteiger partial charge in [-0.1, -0.05) is 38.0 Å². The Kier molecular flexibility index (Phi) is 5.94. The first-order valence-corrected chi connectivity index (χ1v) is 10.6. The second-order valence-electron chi connectivity index (χ2n) is 8.16. The fraction of sp³-hybridized carbons (Fsp3) is 0.565. The monoisotopic (exact) mass is 381 g/mol. The topological polar surface area (TPSA) is 58.3 Å². The smallest absolute Gasteiger partial charge is 0.143 e. The lowest BCUT2D eigenvalue weighted by molar-refractivity contribution is 0.610. The van der Waals surface area contributed by atoms with Crippen LogP contribution < -0.4 is 15.5 Å². The van der Waals surface area contributed by atoms with Crippen LogP contribution in [0.25, 0.3) is 0 Å². The average Bonchev–Trinajstić information content (AvgIpc) is 2.86. The van der Waals surface area contributed by atoms with Crippen molar-refractivity contribution in [3.05, 3.63) is 40.2 Å². The quantitative estimate of drug-likeness (QED) is 0.773. The largest absolute Gasteiger partial charge is 0.356 e. The van der Waals surface area contributed by atoms with E-state index in [1.807, 2.05) is 6.92 Å². The van der Waals surface area contributed by atoms with Crippen LogP contribution in [0.15, 0.2) is 12.1 Å². The fourth-order valence-corrected chi connectivity index (χ4v) is 4.49. The van der Waals surface area contributed by atoms with Crippen molar-refractivity contribution in [3.63, 3.8) is 0 Å². The zero-order chi connectivity index (χ0) is 20.6. The Labute approximate surface area is 170 Å². The normalized spacial score (nSPS) is 18.5. The highest BCUT2D eigenvalue weighted by molar-refractivity contribution is 5.78. The average molecular weight is 382 g/mol. The number of rotatable bonds is 6. The van der Waals surface area contributed by atoms with E-state index < -0.39 is 0 Å². The summed E-state index contributed by atoms with van der Waals surface area (Å²) in [5.74, 6) is 3.01. The molecule has 0 spiro atoms. The van der Waals surface area contributed by atoms with E-state index in [2.05, 4.69) is 63.5 Å². The number of unbranched alkanes of at least 4 members (excludes halogenated alkanes) is 1. The molecule has 1 aliphatic heterocycles. The van der Waals surface area contributed by atoms with Gasteiger partial charge in [-0.15, -0.1) is 0 Å². The lowest BCUT2D eigenvalue weighted by Crippen LogP contribution is -2.38. The summed E-state index contributed by atoms with van der Waals surface area (Å²) in [5, 5.41) is 0. The molecule has 3 rings (SSSR count). The highest BCUT2D eigenvalue weighted by Crippen LogP contribution is 2.47. The Balaban J connectivity index is 2.19. The molecule has 2 N–H and O–H groups in total. The Morgan fingerprint density at radius 1 is 1.07 bits per heavy atom. The molecule has 0 fully saturated rings. The van der Waals surface area contributed by atoms with Crippen LogP contribution in [-0.2, 0) is 0 Å². The predicted octanol–water partition coefficient (Wildman–Crippen LogP) is 4.88. The van der Waals surface area contributed by atoms with E-state index in [1.165, 1.54) is 34.4 Å². The van der Waals surface area contributed by atoms with Crippen molar-refractivity contribution in [2.24, 2.45) is 5.73 Å². The van der Waals surface area contributed by atoms with Gasteiger partial charge >= 0.3 is 0 Å². The fourth-order valence-electron chi connectivity index (χ4n) is 4.49. The zero-order valence-corrected chi connectivity index (χ0v) is 18.5. The lowest BCUT2D eigenvalue weighted by atomic mass is 10.0. The first-order chi connectivity index (χ1) is 13.3. The standard InChI is InChI=1S/C23H35N5/c1-8-10-11-27(9-2)22-19-17(6)21(24)28(23(19)26-18(7)25-22)20-15(4)12-14(3)13-16(20)5/h12-13,17,21H,8-11,24H2,1-7H3. The molecular formula is C23H35N5. The third-order valence-corrected chi connectivity index (χ3v) is 5.85. The summed E-state index contributed by atoms with van der Waals surface area (Å²) < 4.78 is 0. The number of hydrogen-bond acceptors (Lipinski definition) is 5. The molecule has 28 heavy (non-hydrogen) atoms. The van der Waals surface area contributed by atoms with E-state index in [1.54, 1.807) is 0 Å². The molecule has 152 valence electrons. The Morgan fingerprint density at radius 3 is 2.29 bits per heavy atom. The summed E-state index contributed by atoms with van der Waals surface area (Å²) in [6, 6.07) is 4.46. The van der Waals surface area contributed by atoms with Crippen molar-refractivity contribution in [1.29, 1.82) is 0 Å². The Bertz CT molecular complexity index is 837. The van der Waals surface area contributed by atoms with E-state index >= 15 is 0 Å². The van der Waals surface area contributed by atoms with Gasteiger partial charge in [-0.05, 0) is 52.2 Å². The highest BCUT2D eigenvalue weighted by Gasteiger charge is 2.40. The number of aromatic nitrogens is 2. The molecule has 2 heterocycles. The third-order valence-electron chi connectivity index (χ3n) is 5.85. The van der Waals surface area contributed by atoms with Crippen LogP contribution in [0.4, 0.5) is 17.3 Å². The van der Waals surface area contributed by atoms with E-state index in [9.17, 15) is 0 Å². The summed E-state index contributed by atoms with van der Waals surface area (Å²) in [6.07, 6.45) is 2.19. The van der Waals surface area contributed by atoms with Crippen LogP contribution in [-0.4, -0.2) is 29.2 Å². The van der Waals surface area contributed by atoms with Gasteiger partial charge in [0.2, 0.25) is 0 Å². The molecule has 0 aliphatic carbocycles. The molecule has 0 saturated heterocycles. The molecule has 0 saturated carbocycles. The summed E-state index contributed by atoms with van der Waals surface area (Å²) >= 11 is 0. The molecule has 5 nitrogen and oxygen atoms in total. The minimum Gasteiger partial charge on any atom is -0.356 e. The molecule has 1 aliphatic rings. The van der Waals surface area contributed by atoms with Gasteiger partial charge in [-0.2, -0.15) is 0 Å². The second kappa shape index (κ2) is 8.08. The zero-order valence-electron chi connectivity index (χ0n) is 18.5. The van der Waals surface area contributed by atoms with Crippen molar-refractivity contribution in [3.8, 4) is 0 Å². The van der Waals surface area contributed by atoms with Gasteiger partial charge in [0.1, 0.15) is 17.5 Å². The predicted molar refractivity (Wildman–Crippen MR) is 119 cm³/mol. The van der Waals surface area contributed by atoms with Gasteiger partial charge in [0.25, 0.3) is 0 Å². The first kappa shape index (κ1) is 20.6. The molecule has 5 heteroatoms. The molecule has 1 aromatic heterocycles. The number of nitrogens with two attached hydrogens (primary N) is 1. The van der Waals surface area contributed by atoms with Crippen molar-refractivity contribution >= 4 is 17.3 Å². The second-order valence-corrected chi connectivity index (χ2v) is 8.16. The maximum atomic E-state index is 6.78. The van der Waals surface area contributed by atoms with Gasteiger partial charge in [0, 0.05) is 30.3 Å². The van der Waals surface area contributed by atoms with Gasteiger partial charge in [-0.3, -0.25) is 0 Å². The molecule has 2 atom stereocenters. The van der Waals surface area contributed by atoms with E-state index in [0.717, 1.165) is 37.0 Å². The van der Waals surface area contributed by atoms with E-state index in [4.69, 9.17) is 15.7 Å². The van der Waals surface area contributed by atoms with Gasteiger partial charge in [0.05, 0.1) is 6.17 Å². The van der Waals surface area contributed by atoms with Crippen LogP contribution in [0.3, 0.4) is 0 Å². The number of aryl methyl sites for hydroxylation is 4. The van der Waals surface area contributed by atoms with Crippen molar-refractivity contribution < 1.29 is 0 Å². The number of fused-ring (bicyclic) bond motifs is 1. The molecule has 0 amide bonds. The summed E-state index contributed by atoms with van der Waals surface area (Å²) in [4.78, 5) is 14.4. The maximum Gasteiger partial charge on any atom is 0.143 e. The van der Waals surface area contributed by atoms with Crippen molar-refractivity contribution in [2.45, 2.75) is 73.4 Å². The molecule has 2 unspecified atom stereocenters. The first-order valence-electron chi connectivity index (χ1n) is 10.6. The molecule has 2 aromatic rings. The van der Waals surface area contributed by atoms with Crippen LogP contribution >= 0.6 is 0 Å². The van der Waals surface area contributed by atoms with Gasteiger partial charge in [-0.25, -0.2) is 9.97 Å². The van der Waals surface area contributed by atoms with Crippen LogP contribution in [0, 0.1) is 27.7 Å². The summed E-state index contributed by atoms with van der Waals surface area (Å²) in [7, 11) is 0. The van der Waals surface area contributed by atoms with Gasteiger partial charge in [0.15, 0.2) is 0 Å². The van der Waals surface area contributed by atoms with Gasteiger partial charge < -0.3 is 15.5 Å². The molecule has 1 aromatic carbocycles. The van der Waals surface area contributed by atoms with Crippen LogP contribution in [0.2, 0.25) is 0 Å². The third kappa shape index (κ3) is 3.48. The number of hydrogen-bond donors (Lipinski definition) is 1. The highest BCUT2D eigenvalue weighted by atomic mass is 15.3. The van der Waals surface area contributed by atoms with E-state index in [-0.39, 0.29) is 12.1 Å². The number of anilines is 3. The minimum atomic E-state index is -0.144.